The number of benzene rings is 2. The summed E-state index contributed by atoms with van der Waals surface area (Å²) in [5.41, 5.74) is 3.66. The molecule has 0 fully saturated rings. The molecule has 0 amide bonds. The van der Waals surface area contributed by atoms with Gasteiger partial charge in [0.25, 0.3) is 0 Å². The Kier molecular flexibility index (Phi) is 5.69. The second-order valence-corrected chi connectivity index (χ2v) is 6.12. The zero-order valence-corrected chi connectivity index (χ0v) is 15.8. The van der Waals surface area contributed by atoms with E-state index in [1.54, 1.807) is 37.6 Å². The second-order valence-electron chi connectivity index (χ2n) is 6.12. The summed E-state index contributed by atoms with van der Waals surface area (Å²) in [6.07, 6.45) is 1.62. The summed E-state index contributed by atoms with van der Waals surface area (Å²) in [5.74, 6) is 1.20. The number of aromatic nitrogens is 1. The zero-order chi connectivity index (χ0) is 20.1. The van der Waals surface area contributed by atoms with Crippen molar-refractivity contribution >= 4 is 5.70 Å². The molecule has 3 N–H and O–H groups in total. The van der Waals surface area contributed by atoms with Crippen molar-refractivity contribution in [2.75, 3.05) is 14.2 Å². The maximum Gasteiger partial charge on any atom is 0.160 e. The molecule has 1 heterocycles. The van der Waals surface area contributed by atoms with Gasteiger partial charge in [0.1, 0.15) is 17.2 Å². The van der Waals surface area contributed by atoms with Crippen LogP contribution in [0.3, 0.4) is 0 Å². The van der Waals surface area contributed by atoms with Crippen molar-refractivity contribution in [1.82, 2.24) is 10.3 Å². The van der Waals surface area contributed by atoms with Crippen molar-refractivity contribution < 1.29 is 19.7 Å². The number of rotatable bonds is 7. The fourth-order valence-electron chi connectivity index (χ4n) is 2.82. The standard InChI is InChI=1S/C22H22N2O4/c1-14(24-13-15-6-9-18(25)21(11-15)28-3)16-7-8-17(20(12-16)27-2)22-19(26)5-4-10-23-22/h4-12,24-26H,1,13H2,2-3H3. The van der Waals surface area contributed by atoms with Gasteiger partial charge in [-0.25, -0.2) is 0 Å². The number of aromatic hydroxyl groups is 2. The van der Waals surface area contributed by atoms with E-state index in [2.05, 4.69) is 16.9 Å². The SMILES string of the molecule is C=C(NCc1ccc(O)c(OC)c1)c1ccc(-c2ncccc2O)c(OC)c1. The lowest BCUT2D eigenvalue weighted by Crippen LogP contribution is -2.11. The maximum atomic E-state index is 10.1. The molecule has 0 aliphatic carbocycles. The molecule has 6 nitrogen and oxygen atoms in total. The van der Waals surface area contributed by atoms with E-state index in [0.29, 0.717) is 35.0 Å². The van der Waals surface area contributed by atoms with Crippen LogP contribution < -0.4 is 14.8 Å². The molecule has 1 aromatic heterocycles. The predicted octanol–water partition coefficient (Wildman–Crippen LogP) is 3.94. The van der Waals surface area contributed by atoms with Gasteiger partial charge < -0.3 is 25.0 Å². The molecule has 2 aromatic carbocycles. The van der Waals surface area contributed by atoms with E-state index in [1.165, 1.54) is 7.11 Å². The Balaban J connectivity index is 1.78. The Bertz CT molecular complexity index is 1000. The molecule has 0 saturated heterocycles. The third-order valence-corrected chi connectivity index (χ3v) is 4.34. The van der Waals surface area contributed by atoms with Gasteiger partial charge in [-0.2, -0.15) is 0 Å². The molecule has 0 atom stereocenters. The maximum absolute atomic E-state index is 10.1. The number of pyridine rings is 1. The molecule has 0 bridgehead atoms. The van der Waals surface area contributed by atoms with Crippen LogP contribution in [-0.4, -0.2) is 29.4 Å². The summed E-state index contributed by atoms with van der Waals surface area (Å²) in [5, 5.41) is 23.0. The highest BCUT2D eigenvalue weighted by Gasteiger charge is 2.13. The number of phenolic OH excluding ortho intramolecular Hbond substituents is 1. The van der Waals surface area contributed by atoms with E-state index in [9.17, 15) is 10.2 Å². The number of ether oxygens (including phenoxy) is 2. The van der Waals surface area contributed by atoms with E-state index >= 15 is 0 Å². The normalized spacial score (nSPS) is 10.4. The molecule has 0 spiro atoms. The largest absolute Gasteiger partial charge is 0.506 e. The minimum Gasteiger partial charge on any atom is -0.506 e. The van der Waals surface area contributed by atoms with Gasteiger partial charge in [0.2, 0.25) is 0 Å². The van der Waals surface area contributed by atoms with Crippen molar-refractivity contribution in [2.24, 2.45) is 0 Å². The number of hydrogen-bond acceptors (Lipinski definition) is 6. The van der Waals surface area contributed by atoms with E-state index < -0.39 is 0 Å². The van der Waals surface area contributed by atoms with E-state index in [4.69, 9.17) is 9.47 Å². The van der Waals surface area contributed by atoms with Crippen LogP contribution in [0.2, 0.25) is 0 Å². The van der Waals surface area contributed by atoms with Crippen molar-refractivity contribution in [3.63, 3.8) is 0 Å². The van der Waals surface area contributed by atoms with Gasteiger partial charge in [0.05, 0.1) is 14.2 Å². The first-order valence-corrected chi connectivity index (χ1v) is 8.65. The summed E-state index contributed by atoms with van der Waals surface area (Å²) < 4.78 is 10.6. The van der Waals surface area contributed by atoms with Gasteiger partial charge >= 0.3 is 0 Å². The summed E-state index contributed by atoms with van der Waals surface area (Å²) in [4.78, 5) is 4.23. The third kappa shape index (κ3) is 4.01. The van der Waals surface area contributed by atoms with Gasteiger partial charge in [0, 0.05) is 29.6 Å². The molecular formula is C22H22N2O4. The summed E-state index contributed by atoms with van der Waals surface area (Å²) in [7, 11) is 3.08. The second kappa shape index (κ2) is 8.35. The fourth-order valence-corrected chi connectivity index (χ4v) is 2.82. The lowest BCUT2D eigenvalue weighted by Gasteiger charge is -2.14. The van der Waals surface area contributed by atoms with Crippen LogP contribution in [-0.2, 0) is 6.54 Å². The van der Waals surface area contributed by atoms with E-state index in [1.807, 2.05) is 24.3 Å². The number of nitrogens with zero attached hydrogens (tertiary/aromatic N) is 1. The first-order chi connectivity index (χ1) is 13.5. The van der Waals surface area contributed by atoms with E-state index in [-0.39, 0.29) is 11.5 Å². The number of methoxy groups -OCH3 is 2. The quantitative estimate of drug-likeness (QED) is 0.578. The van der Waals surface area contributed by atoms with Crippen molar-refractivity contribution in [1.29, 1.82) is 0 Å². The molecule has 0 radical (unpaired) electrons. The summed E-state index contributed by atoms with van der Waals surface area (Å²) in [6, 6.07) is 14.0. The average molecular weight is 378 g/mol. The predicted molar refractivity (Wildman–Crippen MR) is 108 cm³/mol. The van der Waals surface area contributed by atoms with Crippen LogP contribution in [0.5, 0.6) is 23.0 Å². The average Bonchev–Trinajstić information content (AvgIpc) is 2.73. The molecule has 0 aliphatic heterocycles. The number of phenols is 1. The first-order valence-electron chi connectivity index (χ1n) is 8.65. The Morgan fingerprint density at radius 1 is 1.00 bits per heavy atom. The zero-order valence-electron chi connectivity index (χ0n) is 15.8. The lowest BCUT2D eigenvalue weighted by molar-refractivity contribution is 0.373. The van der Waals surface area contributed by atoms with Crippen LogP contribution in [0.15, 0.2) is 61.3 Å². The smallest absolute Gasteiger partial charge is 0.160 e. The Morgan fingerprint density at radius 2 is 1.79 bits per heavy atom. The third-order valence-electron chi connectivity index (χ3n) is 4.34. The number of hydrogen-bond donors (Lipinski definition) is 3. The summed E-state index contributed by atoms with van der Waals surface area (Å²) >= 11 is 0. The molecule has 28 heavy (non-hydrogen) atoms. The Labute approximate surface area is 163 Å². The van der Waals surface area contributed by atoms with Crippen molar-refractivity contribution in [3.05, 3.63) is 72.4 Å². The molecule has 144 valence electrons. The highest BCUT2D eigenvalue weighted by molar-refractivity contribution is 5.75. The molecule has 6 heteroatoms. The van der Waals surface area contributed by atoms with Gasteiger partial charge in [-0.05, 0) is 42.0 Å². The highest BCUT2D eigenvalue weighted by atomic mass is 16.5. The molecule has 3 aromatic rings. The van der Waals surface area contributed by atoms with Crippen LogP contribution in [0.25, 0.3) is 17.0 Å². The number of nitrogens with one attached hydrogen (secondary N) is 1. The van der Waals surface area contributed by atoms with Gasteiger partial charge in [-0.15, -0.1) is 0 Å². The van der Waals surface area contributed by atoms with Crippen LogP contribution in [0.4, 0.5) is 0 Å². The van der Waals surface area contributed by atoms with Crippen molar-refractivity contribution in [3.8, 4) is 34.3 Å². The van der Waals surface area contributed by atoms with Crippen molar-refractivity contribution in [2.45, 2.75) is 6.54 Å². The summed E-state index contributed by atoms with van der Waals surface area (Å²) in [6.45, 7) is 4.60. The van der Waals surface area contributed by atoms with Gasteiger partial charge in [-0.3, -0.25) is 4.98 Å². The Morgan fingerprint density at radius 3 is 2.50 bits per heavy atom. The molecule has 0 aliphatic rings. The molecular weight excluding hydrogens is 356 g/mol. The van der Waals surface area contributed by atoms with Crippen LogP contribution in [0, 0.1) is 0 Å². The monoisotopic (exact) mass is 378 g/mol. The minimum atomic E-state index is 0.0896. The lowest BCUT2D eigenvalue weighted by atomic mass is 10.0. The topological polar surface area (TPSA) is 83.8 Å². The van der Waals surface area contributed by atoms with Gasteiger partial charge in [-0.1, -0.05) is 18.7 Å². The molecule has 0 unspecified atom stereocenters. The van der Waals surface area contributed by atoms with Gasteiger partial charge in [0.15, 0.2) is 11.5 Å². The first kappa shape index (κ1) is 19.1. The fraction of sp³-hybridized carbons (Fsp3) is 0.136. The van der Waals surface area contributed by atoms with E-state index in [0.717, 1.165) is 11.1 Å². The van der Waals surface area contributed by atoms with Crippen LogP contribution >= 0.6 is 0 Å². The highest BCUT2D eigenvalue weighted by Crippen LogP contribution is 2.35. The minimum absolute atomic E-state index is 0.0896. The van der Waals surface area contributed by atoms with Crippen LogP contribution in [0.1, 0.15) is 11.1 Å². The Hall–Kier alpha value is -3.67. The molecule has 0 saturated carbocycles. The molecule has 3 rings (SSSR count).